The molecule has 0 unspecified atom stereocenters. The van der Waals surface area contributed by atoms with Crippen molar-refractivity contribution in [3.05, 3.63) is 65.9 Å². The van der Waals surface area contributed by atoms with Crippen molar-refractivity contribution in [1.82, 2.24) is 9.88 Å². The zero-order valence-corrected chi connectivity index (χ0v) is 27.8. The maximum Gasteiger partial charge on any atom is 0.330 e. The van der Waals surface area contributed by atoms with E-state index in [1.807, 2.05) is 25.1 Å². The average molecular weight is 666 g/mol. The molecule has 0 radical (unpaired) electrons. The minimum atomic E-state index is -1.35. The summed E-state index contributed by atoms with van der Waals surface area (Å²) in [5.74, 6) is -3.91. The summed E-state index contributed by atoms with van der Waals surface area (Å²) in [6.45, 7) is 8.04. The van der Waals surface area contributed by atoms with E-state index in [1.165, 1.54) is 24.8 Å². The van der Waals surface area contributed by atoms with Crippen molar-refractivity contribution >= 4 is 41.3 Å². The summed E-state index contributed by atoms with van der Waals surface area (Å²) in [5, 5.41) is 11.5. The van der Waals surface area contributed by atoms with Crippen molar-refractivity contribution in [3.63, 3.8) is 0 Å². The first-order valence-corrected chi connectivity index (χ1v) is 15.7. The number of ketones is 1. The Kier molecular flexibility index (Phi) is 13.4. The van der Waals surface area contributed by atoms with E-state index >= 15 is 0 Å². The van der Waals surface area contributed by atoms with Crippen LogP contribution in [0.5, 0.6) is 5.75 Å². The molecule has 1 aromatic heterocycles. The highest BCUT2D eigenvalue weighted by molar-refractivity contribution is 6.38. The lowest BCUT2D eigenvalue weighted by molar-refractivity contribution is -0.165. The first-order valence-electron chi connectivity index (χ1n) is 15.7. The van der Waals surface area contributed by atoms with Gasteiger partial charge in [0.2, 0.25) is 11.7 Å². The minimum absolute atomic E-state index is 0.153. The van der Waals surface area contributed by atoms with E-state index in [2.05, 4.69) is 16.9 Å². The van der Waals surface area contributed by atoms with Gasteiger partial charge in [0.05, 0.1) is 24.6 Å². The first-order chi connectivity index (χ1) is 22.7. The highest BCUT2D eigenvalue weighted by Crippen LogP contribution is 2.29. The van der Waals surface area contributed by atoms with Crippen LogP contribution in [0.1, 0.15) is 75.3 Å². The number of aliphatic carboxylic acids is 1. The number of likely N-dealkylation sites (tertiary alicyclic amines) is 1. The van der Waals surface area contributed by atoms with Gasteiger partial charge in [-0.1, -0.05) is 24.8 Å². The number of aryl methyl sites for hydroxylation is 2. The van der Waals surface area contributed by atoms with Crippen LogP contribution in [-0.4, -0.2) is 76.8 Å². The number of esters is 2. The molecular formula is C35H43N3O10. The Balaban J connectivity index is 1.85. The molecule has 2 atom stereocenters. The van der Waals surface area contributed by atoms with Crippen LogP contribution in [0.2, 0.25) is 0 Å². The number of pyridine rings is 1. The Hall–Kier alpha value is -5.07. The van der Waals surface area contributed by atoms with Crippen LogP contribution in [-0.2, 0) is 44.7 Å². The van der Waals surface area contributed by atoms with Crippen molar-refractivity contribution in [1.29, 1.82) is 0 Å². The average Bonchev–Trinajstić information content (AvgIpc) is 3.07. The maximum atomic E-state index is 13.8. The molecule has 1 fully saturated rings. The molecule has 2 N–H and O–H groups in total. The monoisotopic (exact) mass is 665 g/mol. The van der Waals surface area contributed by atoms with Gasteiger partial charge in [-0.3, -0.25) is 19.2 Å². The third-order valence-electron chi connectivity index (χ3n) is 7.95. The SMILES string of the molecule is C=CC(=O)OCC(C)(C)C(=O)C(=O)N1CCCC[C@H]1C(=O)O[C@H](CCc1ccc(C)c(OC)c1)c1cccc(NC(=O)CCC(=O)O)n1. The number of methoxy groups -OCH3 is 1. The predicted octanol–water partition coefficient (Wildman–Crippen LogP) is 4.12. The summed E-state index contributed by atoms with van der Waals surface area (Å²) in [6, 6.07) is 9.51. The number of piperidine rings is 1. The third-order valence-corrected chi connectivity index (χ3v) is 7.95. The number of carbonyl (C=O) groups excluding carboxylic acids is 5. The Morgan fingerprint density at radius 1 is 1.12 bits per heavy atom. The molecule has 1 aliphatic heterocycles. The van der Waals surface area contributed by atoms with Crippen LogP contribution >= 0.6 is 0 Å². The van der Waals surface area contributed by atoms with Gasteiger partial charge in [-0.25, -0.2) is 14.6 Å². The number of rotatable bonds is 16. The molecule has 13 heteroatoms. The van der Waals surface area contributed by atoms with E-state index in [0.717, 1.165) is 17.2 Å². The lowest BCUT2D eigenvalue weighted by Crippen LogP contribution is -2.53. The maximum absolute atomic E-state index is 13.8. The zero-order chi connectivity index (χ0) is 35.4. The van der Waals surface area contributed by atoms with Gasteiger partial charge in [-0.2, -0.15) is 0 Å². The van der Waals surface area contributed by atoms with Crippen molar-refractivity contribution in [2.75, 3.05) is 25.6 Å². The fourth-order valence-corrected chi connectivity index (χ4v) is 5.15. The molecule has 1 saturated heterocycles. The van der Waals surface area contributed by atoms with Crippen molar-refractivity contribution in [2.24, 2.45) is 5.41 Å². The molecular weight excluding hydrogens is 622 g/mol. The second-order valence-electron chi connectivity index (χ2n) is 12.2. The number of aromatic nitrogens is 1. The fraction of sp³-hybridized carbons (Fsp3) is 0.457. The molecule has 3 rings (SSSR count). The van der Waals surface area contributed by atoms with Gasteiger partial charge in [-0.15, -0.1) is 0 Å². The largest absolute Gasteiger partial charge is 0.496 e. The number of carbonyl (C=O) groups is 6. The number of Topliss-reactive ketones (excluding diaryl/α,β-unsaturated/α-hetero) is 1. The Morgan fingerprint density at radius 3 is 2.56 bits per heavy atom. The molecule has 13 nitrogen and oxygen atoms in total. The van der Waals surface area contributed by atoms with E-state index in [9.17, 15) is 28.8 Å². The van der Waals surface area contributed by atoms with E-state index < -0.39 is 53.1 Å². The molecule has 0 bridgehead atoms. The van der Waals surface area contributed by atoms with E-state index in [0.29, 0.717) is 30.7 Å². The predicted molar refractivity (Wildman–Crippen MR) is 174 cm³/mol. The summed E-state index contributed by atoms with van der Waals surface area (Å²) in [7, 11) is 1.58. The van der Waals surface area contributed by atoms with Gasteiger partial charge < -0.3 is 29.5 Å². The van der Waals surface area contributed by atoms with Gasteiger partial charge in [0.15, 0.2) is 0 Å². The molecule has 2 aromatic rings. The fourth-order valence-electron chi connectivity index (χ4n) is 5.15. The van der Waals surface area contributed by atoms with E-state index in [4.69, 9.17) is 19.3 Å². The molecule has 48 heavy (non-hydrogen) atoms. The molecule has 0 saturated carbocycles. The van der Waals surface area contributed by atoms with Crippen LogP contribution in [0.15, 0.2) is 49.1 Å². The summed E-state index contributed by atoms with van der Waals surface area (Å²) < 4.78 is 16.5. The standard InChI is InChI=1S/C35H43N3O10/c1-6-31(42)47-21-35(3,4)32(43)33(44)38-19-8-7-11-25(38)34(45)48-26(16-15-23-14-13-22(2)27(20-23)46-5)24-10-9-12-28(36-24)37-29(39)17-18-30(40)41/h6,9-10,12-14,20,25-26H,1,7-8,11,15-19,21H2,2-5H3,(H,40,41)(H,36,37,39)/t25-,26+/m0/s1. The van der Waals surface area contributed by atoms with E-state index in [-0.39, 0.29) is 44.7 Å². The number of benzene rings is 1. The number of nitrogens with one attached hydrogen (secondary N) is 1. The van der Waals surface area contributed by atoms with Gasteiger partial charge >= 0.3 is 17.9 Å². The van der Waals surface area contributed by atoms with Gasteiger partial charge in [0.1, 0.15) is 30.3 Å². The highest BCUT2D eigenvalue weighted by Gasteiger charge is 2.42. The topological polar surface area (TPSA) is 178 Å². The Labute approximate surface area is 279 Å². The van der Waals surface area contributed by atoms with Gasteiger partial charge in [0, 0.05) is 19.0 Å². The highest BCUT2D eigenvalue weighted by atomic mass is 16.5. The van der Waals surface area contributed by atoms with Gasteiger partial charge in [0.25, 0.3) is 5.91 Å². The lowest BCUT2D eigenvalue weighted by atomic mass is 9.87. The van der Waals surface area contributed by atoms with Crippen molar-refractivity contribution < 1.29 is 48.1 Å². The minimum Gasteiger partial charge on any atom is -0.496 e. The van der Waals surface area contributed by atoms with Gasteiger partial charge in [-0.05, 0) is 82.2 Å². The van der Waals surface area contributed by atoms with Crippen LogP contribution in [0.3, 0.4) is 0 Å². The summed E-state index contributed by atoms with van der Waals surface area (Å²) in [6.07, 6.45) is 1.68. The summed E-state index contributed by atoms with van der Waals surface area (Å²) in [5.41, 5.74) is 0.846. The molecule has 1 aliphatic rings. The second kappa shape index (κ2) is 17.2. The number of hydrogen-bond donors (Lipinski definition) is 2. The number of anilines is 1. The number of carboxylic acids is 1. The van der Waals surface area contributed by atoms with Crippen LogP contribution in [0, 0.1) is 12.3 Å². The molecule has 2 heterocycles. The molecule has 0 spiro atoms. The second-order valence-corrected chi connectivity index (χ2v) is 12.2. The molecule has 1 aromatic carbocycles. The molecule has 0 aliphatic carbocycles. The smallest absolute Gasteiger partial charge is 0.330 e. The molecule has 258 valence electrons. The lowest BCUT2D eigenvalue weighted by Gasteiger charge is -2.36. The summed E-state index contributed by atoms with van der Waals surface area (Å²) in [4.78, 5) is 81.0. The number of carboxylic acid groups (broad SMARTS) is 1. The third kappa shape index (κ3) is 10.5. The van der Waals surface area contributed by atoms with Crippen LogP contribution < -0.4 is 10.1 Å². The molecule has 2 amide bonds. The quantitative estimate of drug-likeness (QED) is 0.150. The van der Waals surface area contributed by atoms with Crippen LogP contribution in [0.4, 0.5) is 5.82 Å². The number of hydrogen-bond acceptors (Lipinski definition) is 10. The van der Waals surface area contributed by atoms with Crippen molar-refractivity contribution in [3.8, 4) is 5.75 Å². The zero-order valence-electron chi connectivity index (χ0n) is 27.8. The van der Waals surface area contributed by atoms with Crippen molar-refractivity contribution in [2.45, 2.75) is 77.9 Å². The first kappa shape index (κ1) is 37.4. The summed E-state index contributed by atoms with van der Waals surface area (Å²) >= 11 is 0. The Bertz CT molecular complexity index is 1540. The number of nitrogens with zero attached hydrogens (tertiary/aromatic N) is 2. The number of ether oxygens (including phenoxy) is 3. The van der Waals surface area contributed by atoms with E-state index in [1.54, 1.807) is 19.2 Å². The number of amides is 2. The normalized spacial score (nSPS) is 15.1. The van der Waals surface area contributed by atoms with Crippen LogP contribution in [0.25, 0.3) is 0 Å². The Morgan fingerprint density at radius 2 is 1.88 bits per heavy atom.